The van der Waals surface area contributed by atoms with Gasteiger partial charge in [-0.3, -0.25) is 4.79 Å². The van der Waals surface area contributed by atoms with Crippen LogP contribution in [0.15, 0.2) is 40.8 Å². The molecule has 5 nitrogen and oxygen atoms in total. The van der Waals surface area contributed by atoms with Crippen molar-refractivity contribution in [3.8, 4) is 11.5 Å². The van der Waals surface area contributed by atoms with Crippen molar-refractivity contribution in [1.82, 2.24) is 0 Å². The number of anilines is 1. The first kappa shape index (κ1) is 22.5. The first-order valence-corrected chi connectivity index (χ1v) is 14.2. The molecule has 7 heteroatoms. The molecular weight excluding hydrogens is 442 g/mol. The summed E-state index contributed by atoms with van der Waals surface area (Å²) in [5.74, 6) is 1.43. The number of fused-ring (bicyclic) bond motifs is 1. The molecule has 0 unspecified atom stereocenters. The molecule has 0 saturated heterocycles. The fourth-order valence-corrected chi connectivity index (χ4v) is 7.38. The van der Waals surface area contributed by atoms with Crippen molar-refractivity contribution in [2.45, 2.75) is 38.9 Å². The van der Waals surface area contributed by atoms with E-state index < -0.39 is 8.07 Å². The van der Waals surface area contributed by atoms with Gasteiger partial charge in [-0.05, 0) is 48.2 Å². The third kappa shape index (κ3) is 4.29. The predicted molar refractivity (Wildman–Crippen MR) is 131 cm³/mol. The summed E-state index contributed by atoms with van der Waals surface area (Å²) >= 11 is 6.09. The number of hydrogen-bond acceptors (Lipinski definition) is 4. The lowest BCUT2D eigenvalue weighted by Gasteiger charge is -2.18. The minimum Gasteiger partial charge on any atom is -0.494 e. The number of hydrogen-bond donors (Lipinski definition) is 1. The molecule has 0 spiro atoms. The van der Waals surface area contributed by atoms with Crippen LogP contribution < -0.4 is 20.0 Å². The number of rotatable bonds is 6. The maximum Gasteiger partial charge on any atom is 0.291 e. The number of amides is 1. The molecule has 0 aliphatic carbocycles. The Hall–Kier alpha value is -2.70. The van der Waals surface area contributed by atoms with Crippen LogP contribution in [0, 0.1) is 6.92 Å². The largest absolute Gasteiger partial charge is 0.494 e. The molecule has 1 aliphatic rings. The van der Waals surface area contributed by atoms with E-state index in [0.29, 0.717) is 28.6 Å². The Balaban J connectivity index is 1.55. The Labute approximate surface area is 194 Å². The van der Waals surface area contributed by atoms with Crippen LogP contribution in [0.25, 0.3) is 0 Å². The van der Waals surface area contributed by atoms with Gasteiger partial charge in [0.05, 0.1) is 22.3 Å². The van der Waals surface area contributed by atoms with Crippen molar-refractivity contribution < 1.29 is 18.7 Å². The molecule has 0 radical (unpaired) electrons. The predicted octanol–water partition coefficient (Wildman–Crippen LogP) is 5.57. The Morgan fingerprint density at radius 2 is 1.81 bits per heavy atom. The summed E-state index contributed by atoms with van der Waals surface area (Å²) in [7, 11) is 1.68. The lowest BCUT2D eigenvalue weighted by molar-refractivity contribution is 0.0994. The topological polar surface area (TPSA) is 60.7 Å². The number of halogens is 1. The van der Waals surface area contributed by atoms with E-state index in [2.05, 4.69) is 37.5 Å². The summed E-state index contributed by atoms with van der Waals surface area (Å²) in [5.41, 5.74) is 4.44. The quantitative estimate of drug-likeness (QED) is 0.479. The summed E-state index contributed by atoms with van der Waals surface area (Å²) in [6.07, 6.45) is 1.85. The zero-order valence-corrected chi connectivity index (χ0v) is 20.9. The average molecular weight is 470 g/mol. The number of furan rings is 1. The second kappa shape index (κ2) is 8.68. The van der Waals surface area contributed by atoms with Gasteiger partial charge in [-0.15, -0.1) is 0 Å². The van der Waals surface area contributed by atoms with Gasteiger partial charge in [-0.2, -0.15) is 0 Å². The molecule has 0 fully saturated rings. The van der Waals surface area contributed by atoms with E-state index in [4.69, 9.17) is 25.5 Å². The van der Waals surface area contributed by atoms with Gasteiger partial charge in [0.2, 0.25) is 0 Å². The normalized spacial score (nSPS) is 14.2. The zero-order valence-electron chi connectivity index (χ0n) is 19.1. The van der Waals surface area contributed by atoms with E-state index in [0.717, 1.165) is 5.76 Å². The van der Waals surface area contributed by atoms with E-state index in [1.165, 1.54) is 43.4 Å². The van der Waals surface area contributed by atoms with Crippen LogP contribution in [0.4, 0.5) is 5.69 Å². The SMILES string of the molecule is COc1cc(Cl)cc(OC)c1NC(=O)c1ccc(Cc2cc3c(cc2C)CC[Si]3(C)C)o1. The lowest BCUT2D eigenvalue weighted by atomic mass is 10.0. The van der Waals surface area contributed by atoms with Crippen LogP contribution in [0.1, 0.15) is 33.0 Å². The Kier molecular flexibility index (Phi) is 6.10. The number of nitrogens with one attached hydrogen (secondary N) is 1. The van der Waals surface area contributed by atoms with E-state index in [1.54, 1.807) is 23.4 Å². The van der Waals surface area contributed by atoms with Gasteiger partial charge in [0.25, 0.3) is 5.91 Å². The molecule has 0 atom stereocenters. The van der Waals surface area contributed by atoms with E-state index >= 15 is 0 Å². The van der Waals surface area contributed by atoms with Crippen molar-refractivity contribution in [3.05, 3.63) is 69.6 Å². The second-order valence-electron chi connectivity index (χ2n) is 8.90. The van der Waals surface area contributed by atoms with Crippen molar-refractivity contribution >= 4 is 36.5 Å². The maximum atomic E-state index is 12.9. The molecule has 32 heavy (non-hydrogen) atoms. The molecule has 168 valence electrons. The van der Waals surface area contributed by atoms with Crippen LogP contribution in [-0.4, -0.2) is 28.2 Å². The summed E-state index contributed by atoms with van der Waals surface area (Å²) in [4.78, 5) is 12.9. The monoisotopic (exact) mass is 469 g/mol. The average Bonchev–Trinajstić information content (AvgIpc) is 3.33. The van der Waals surface area contributed by atoms with E-state index in [9.17, 15) is 4.79 Å². The number of carbonyl (C=O) groups excluding carboxylic acids is 1. The number of carbonyl (C=O) groups is 1. The van der Waals surface area contributed by atoms with Gasteiger partial charge >= 0.3 is 0 Å². The number of methoxy groups -OCH3 is 2. The van der Waals surface area contributed by atoms with Gasteiger partial charge in [-0.25, -0.2) is 0 Å². The molecule has 2 aromatic carbocycles. The molecule has 1 aromatic heterocycles. The first-order valence-electron chi connectivity index (χ1n) is 10.7. The van der Waals surface area contributed by atoms with Gasteiger partial charge < -0.3 is 19.2 Å². The second-order valence-corrected chi connectivity index (χ2v) is 14.1. The van der Waals surface area contributed by atoms with Gasteiger partial charge in [0.1, 0.15) is 22.9 Å². The minimum atomic E-state index is -1.34. The molecule has 0 bridgehead atoms. The molecule has 0 saturated carbocycles. The van der Waals surface area contributed by atoms with Crippen molar-refractivity contribution in [1.29, 1.82) is 0 Å². The third-order valence-corrected chi connectivity index (χ3v) is 9.91. The number of benzene rings is 2. The molecule has 3 aromatic rings. The highest BCUT2D eigenvalue weighted by molar-refractivity contribution is 6.91. The fraction of sp³-hybridized carbons (Fsp3) is 0.320. The first-order chi connectivity index (χ1) is 15.2. The molecule has 2 heterocycles. The maximum absolute atomic E-state index is 12.9. The Bertz CT molecular complexity index is 1160. The summed E-state index contributed by atoms with van der Waals surface area (Å²) < 4.78 is 16.6. The summed E-state index contributed by atoms with van der Waals surface area (Å²) in [6.45, 7) is 7.03. The van der Waals surface area contributed by atoms with E-state index in [-0.39, 0.29) is 11.7 Å². The van der Waals surface area contributed by atoms with Gasteiger partial charge in [-0.1, -0.05) is 42.0 Å². The molecule has 1 amide bonds. The molecule has 1 aliphatic heterocycles. The lowest BCUT2D eigenvalue weighted by Crippen LogP contribution is -2.38. The highest BCUT2D eigenvalue weighted by Crippen LogP contribution is 2.38. The van der Waals surface area contributed by atoms with Crippen molar-refractivity contribution in [2.24, 2.45) is 0 Å². The van der Waals surface area contributed by atoms with Crippen LogP contribution in [-0.2, 0) is 12.8 Å². The Morgan fingerprint density at radius 3 is 2.47 bits per heavy atom. The van der Waals surface area contributed by atoms with Crippen LogP contribution in [0.5, 0.6) is 11.5 Å². The fourth-order valence-electron chi connectivity index (χ4n) is 4.38. The van der Waals surface area contributed by atoms with Crippen molar-refractivity contribution in [2.75, 3.05) is 19.5 Å². The van der Waals surface area contributed by atoms with Gasteiger partial charge in [0.15, 0.2) is 5.76 Å². The standard InChI is InChI=1S/C25H28ClNO4Si/c1-15-10-16-8-9-32(4,5)23(16)12-17(15)11-19-6-7-20(31-19)25(28)27-24-21(29-2)13-18(26)14-22(24)30-3/h6-7,10,12-14H,8-9,11H2,1-5H3,(H,27,28). The summed E-state index contributed by atoms with van der Waals surface area (Å²) in [6, 6.07) is 12.8. The molecule has 4 rings (SSSR count). The van der Waals surface area contributed by atoms with Crippen LogP contribution >= 0.6 is 11.6 Å². The minimum absolute atomic E-state index is 0.229. The highest BCUT2D eigenvalue weighted by atomic mass is 35.5. The van der Waals surface area contributed by atoms with Crippen molar-refractivity contribution in [3.63, 3.8) is 0 Å². The van der Waals surface area contributed by atoms with E-state index in [1.807, 2.05) is 6.07 Å². The highest BCUT2D eigenvalue weighted by Gasteiger charge is 2.32. The molecular formula is C25H28ClNO4Si. The number of aryl methyl sites for hydroxylation is 2. The van der Waals surface area contributed by atoms with Crippen LogP contribution in [0.3, 0.4) is 0 Å². The van der Waals surface area contributed by atoms with Gasteiger partial charge in [0, 0.05) is 23.6 Å². The molecule has 1 N–H and O–H groups in total. The summed E-state index contributed by atoms with van der Waals surface area (Å²) in [5, 5.41) is 4.83. The zero-order chi connectivity index (χ0) is 23.0. The smallest absolute Gasteiger partial charge is 0.291 e. The number of ether oxygens (including phenoxy) is 2. The Morgan fingerprint density at radius 1 is 1.12 bits per heavy atom. The third-order valence-electron chi connectivity index (χ3n) is 6.27. The van der Waals surface area contributed by atoms with Crippen LogP contribution in [0.2, 0.25) is 24.2 Å².